The first kappa shape index (κ1) is 16.8. The molecular formula is C19H17FN2O3. The second-order valence-corrected chi connectivity index (χ2v) is 5.97. The van der Waals surface area contributed by atoms with Crippen LogP contribution in [0.3, 0.4) is 0 Å². The van der Waals surface area contributed by atoms with E-state index in [4.69, 9.17) is 10.00 Å². The molecule has 6 heteroatoms. The lowest BCUT2D eigenvalue weighted by Crippen LogP contribution is -2.37. The fraction of sp³-hybridized carbons (Fsp3) is 0.263. The summed E-state index contributed by atoms with van der Waals surface area (Å²) in [7, 11) is 0. The molecule has 0 aliphatic carbocycles. The molecule has 2 aromatic carbocycles. The summed E-state index contributed by atoms with van der Waals surface area (Å²) in [6, 6.07) is 11.4. The molecule has 1 heterocycles. The number of carbonyl (C=O) groups is 1. The van der Waals surface area contributed by atoms with E-state index in [-0.39, 0.29) is 18.2 Å². The third-order valence-electron chi connectivity index (χ3n) is 4.48. The van der Waals surface area contributed by atoms with Crippen molar-refractivity contribution in [3.63, 3.8) is 0 Å². The maximum Gasteiger partial charge on any atom is 0.407 e. The summed E-state index contributed by atoms with van der Waals surface area (Å²) in [5.41, 5.74) is 2.63. The van der Waals surface area contributed by atoms with E-state index in [2.05, 4.69) is 0 Å². The second-order valence-electron chi connectivity index (χ2n) is 5.97. The average molecular weight is 340 g/mol. The van der Waals surface area contributed by atoms with Crippen LogP contribution in [0.5, 0.6) is 5.75 Å². The number of amides is 1. The lowest BCUT2D eigenvalue weighted by atomic mass is 9.93. The number of fused-ring (bicyclic) bond motifs is 1. The predicted molar refractivity (Wildman–Crippen MR) is 88.7 cm³/mol. The van der Waals surface area contributed by atoms with E-state index in [9.17, 15) is 14.3 Å². The highest BCUT2D eigenvalue weighted by Crippen LogP contribution is 2.32. The van der Waals surface area contributed by atoms with E-state index >= 15 is 0 Å². The second kappa shape index (κ2) is 6.81. The van der Waals surface area contributed by atoms with Crippen molar-refractivity contribution < 1.29 is 19.0 Å². The number of hydrogen-bond donors (Lipinski definition) is 1. The Bertz CT molecular complexity index is 860. The molecule has 0 aromatic heterocycles. The number of hydrogen-bond acceptors (Lipinski definition) is 3. The molecule has 1 unspecified atom stereocenters. The van der Waals surface area contributed by atoms with Gasteiger partial charge in [-0.25, -0.2) is 9.18 Å². The van der Waals surface area contributed by atoms with Gasteiger partial charge in [-0.15, -0.1) is 0 Å². The molecule has 1 aliphatic rings. The van der Waals surface area contributed by atoms with E-state index < -0.39 is 11.9 Å². The molecule has 2 aromatic rings. The zero-order valence-corrected chi connectivity index (χ0v) is 13.7. The molecule has 0 fully saturated rings. The van der Waals surface area contributed by atoms with E-state index in [1.54, 1.807) is 6.07 Å². The Morgan fingerprint density at radius 3 is 2.88 bits per heavy atom. The van der Waals surface area contributed by atoms with Gasteiger partial charge in [0.15, 0.2) is 0 Å². The van der Waals surface area contributed by atoms with Gasteiger partial charge >= 0.3 is 6.09 Å². The van der Waals surface area contributed by atoms with E-state index in [0.29, 0.717) is 24.3 Å². The summed E-state index contributed by atoms with van der Waals surface area (Å²) in [4.78, 5) is 12.7. The van der Waals surface area contributed by atoms with Crippen molar-refractivity contribution in [3.05, 3.63) is 64.5 Å². The normalized spacial score (nSPS) is 16.0. The Hall–Kier alpha value is -3.07. The van der Waals surface area contributed by atoms with E-state index in [0.717, 1.165) is 11.1 Å². The van der Waals surface area contributed by atoms with Gasteiger partial charge < -0.3 is 14.7 Å². The highest BCUT2D eigenvalue weighted by Gasteiger charge is 2.27. The summed E-state index contributed by atoms with van der Waals surface area (Å²) in [6.45, 7) is 2.35. The number of halogens is 1. The molecule has 1 atom stereocenters. The summed E-state index contributed by atoms with van der Waals surface area (Å²) in [5, 5.41) is 18.0. The van der Waals surface area contributed by atoms with Crippen LogP contribution in [-0.4, -0.2) is 22.6 Å². The van der Waals surface area contributed by atoms with Crippen molar-refractivity contribution in [2.24, 2.45) is 0 Å². The van der Waals surface area contributed by atoms with Crippen LogP contribution in [0, 0.1) is 17.1 Å². The van der Waals surface area contributed by atoms with Crippen molar-refractivity contribution in [1.82, 2.24) is 4.90 Å². The SMILES string of the molecule is CC1c2cc(OCc3ccc(C#N)cc3F)ccc2CCN1C(=O)O. The van der Waals surface area contributed by atoms with Crippen LogP contribution in [0.1, 0.15) is 35.2 Å². The van der Waals surface area contributed by atoms with E-state index in [1.807, 2.05) is 31.2 Å². The van der Waals surface area contributed by atoms with Gasteiger partial charge in [0, 0.05) is 12.1 Å². The van der Waals surface area contributed by atoms with Crippen molar-refractivity contribution in [2.45, 2.75) is 26.0 Å². The minimum Gasteiger partial charge on any atom is -0.489 e. The predicted octanol–water partition coefficient (Wildman–Crippen LogP) is 3.87. The highest BCUT2D eigenvalue weighted by atomic mass is 19.1. The minimum atomic E-state index is -0.941. The van der Waals surface area contributed by atoms with Crippen LogP contribution in [0.25, 0.3) is 0 Å². The summed E-state index contributed by atoms with van der Waals surface area (Å²) < 4.78 is 19.6. The maximum atomic E-state index is 13.9. The van der Waals surface area contributed by atoms with Gasteiger partial charge in [-0.3, -0.25) is 0 Å². The Morgan fingerprint density at radius 1 is 1.40 bits per heavy atom. The zero-order chi connectivity index (χ0) is 18.0. The Labute approximate surface area is 144 Å². The molecule has 0 saturated carbocycles. The van der Waals surface area contributed by atoms with Gasteiger partial charge in [0.05, 0.1) is 17.7 Å². The molecule has 0 saturated heterocycles. The third-order valence-corrected chi connectivity index (χ3v) is 4.48. The molecule has 0 radical (unpaired) electrons. The molecule has 1 aliphatic heterocycles. The largest absolute Gasteiger partial charge is 0.489 e. The highest BCUT2D eigenvalue weighted by molar-refractivity contribution is 5.66. The van der Waals surface area contributed by atoms with Gasteiger partial charge in [-0.2, -0.15) is 5.26 Å². The molecule has 0 spiro atoms. The smallest absolute Gasteiger partial charge is 0.407 e. The van der Waals surface area contributed by atoms with Crippen LogP contribution in [0.2, 0.25) is 0 Å². The van der Waals surface area contributed by atoms with Crippen molar-refractivity contribution in [1.29, 1.82) is 5.26 Å². The third kappa shape index (κ3) is 3.41. The van der Waals surface area contributed by atoms with Gasteiger partial charge in [-0.05, 0) is 48.7 Å². The molecular weight excluding hydrogens is 323 g/mol. The van der Waals surface area contributed by atoms with Gasteiger partial charge in [0.1, 0.15) is 18.2 Å². The van der Waals surface area contributed by atoms with Crippen molar-refractivity contribution in [3.8, 4) is 11.8 Å². The fourth-order valence-electron chi connectivity index (χ4n) is 3.04. The lowest BCUT2D eigenvalue weighted by molar-refractivity contribution is 0.124. The minimum absolute atomic E-state index is 0.0351. The number of rotatable bonds is 3. The van der Waals surface area contributed by atoms with Gasteiger partial charge in [0.25, 0.3) is 0 Å². The van der Waals surface area contributed by atoms with Crippen LogP contribution < -0.4 is 4.74 Å². The maximum absolute atomic E-state index is 13.9. The summed E-state index contributed by atoms with van der Waals surface area (Å²) >= 11 is 0. The first-order chi connectivity index (χ1) is 12.0. The quantitative estimate of drug-likeness (QED) is 0.920. The van der Waals surface area contributed by atoms with Gasteiger partial charge in [-0.1, -0.05) is 12.1 Å². The number of ether oxygens (including phenoxy) is 1. The number of carboxylic acid groups (broad SMARTS) is 1. The lowest BCUT2D eigenvalue weighted by Gasteiger charge is -2.33. The number of benzene rings is 2. The standard InChI is InChI=1S/C19H17FN2O3/c1-12-17-9-16(5-4-14(17)6-7-22(12)19(23)24)25-11-15-3-2-13(10-21)8-18(15)20/h2-5,8-9,12H,6-7,11H2,1H3,(H,23,24). The molecule has 5 nitrogen and oxygen atoms in total. The zero-order valence-electron chi connectivity index (χ0n) is 13.7. The van der Waals surface area contributed by atoms with Gasteiger partial charge in [0.2, 0.25) is 0 Å². The first-order valence-corrected chi connectivity index (χ1v) is 7.93. The van der Waals surface area contributed by atoms with Crippen LogP contribution in [-0.2, 0) is 13.0 Å². The Kier molecular flexibility index (Phi) is 4.57. The first-order valence-electron chi connectivity index (χ1n) is 7.93. The monoisotopic (exact) mass is 340 g/mol. The molecule has 3 rings (SSSR count). The fourth-order valence-corrected chi connectivity index (χ4v) is 3.04. The topological polar surface area (TPSA) is 73.6 Å². The van der Waals surface area contributed by atoms with Crippen LogP contribution >= 0.6 is 0 Å². The molecule has 1 N–H and O–H groups in total. The van der Waals surface area contributed by atoms with Crippen molar-refractivity contribution >= 4 is 6.09 Å². The van der Waals surface area contributed by atoms with Crippen LogP contribution in [0.4, 0.5) is 9.18 Å². The average Bonchev–Trinajstić information content (AvgIpc) is 2.60. The molecule has 128 valence electrons. The summed E-state index contributed by atoms with van der Waals surface area (Å²) in [5.74, 6) is 0.0732. The molecule has 0 bridgehead atoms. The molecule has 1 amide bonds. The molecule has 25 heavy (non-hydrogen) atoms. The number of nitriles is 1. The van der Waals surface area contributed by atoms with E-state index in [1.165, 1.54) is 17.0 Å². The van der Waals surface area contributed by atoms with Crippen molar-refractivity contribution in [2.75, 3.05) is 6.54 Å². The Balaban J connectivity index is 1.77. The summed E-state index contributed by atoms with van der Waals surface area (Å²) in [6.07, 6.45) is -0.277. The number of nitrogens with zero attached hydrogens (tertiary/aromatic N) is 2. The van der Waals surface area contributed by atoms with Crippen LogP contribution in [0.15, 0.2) is 36.4 Å². The Morgan fingerprint density at radius 2 is 2.20 bits per heavy atom.